The van der Waals surface area contributed by atoms with Gasteiger partial charge in [-0.2, -0.15) is 14.4 Å². The molecule has 3 aromatic heterocycles. The first-order valence-electron chi connectivity index (χ1n) is 10.3. The van der Waals surface area contributed by atoms with Gasteiger partial charge in [-0.05, 0) is 37.6 Å². The zero-order valence-corrected chi connectivity index (χ0v) is 17.5. The molecule has 0 unspecified atom stereocenters. The Kier molecular flexibility index (Phi) is 5.10. The number of aryl methyl sites for hydroxylation is 2. The van der Waals surface area contributed by atoms with Crippen molar-refractivity contribution in [2.75, 3.05) is 25.5 Å². The monoisotopic (exact) mass is 439 g/mol. The van der Waals surface area contributed by atoms with Crippen LogP contribution in [-0.4, -0.2) is 44.3 Å². The van der Waals surface area contributed by atoms with Gasteiger partial charge in [0.15, 0.2) is 28.5 Å². The van der Waals surface area contributed by atoms with Crippen LogP contribution in [0.5, 0.6) is 11.5 Å². The van der Waals surface area contributed by atoms with Crippen LogP contribution in [-0.2, 0) is 13.0 Å². The van der Waals surface area contributed by atoms with E-state index in [2.05, 4.69) is 19.9 Å². The van der Waals surface area contributed by atoms with Crippen molar-refractivity contribution < 1.29 is 18.3 Å². The third kappa shape index (κ3) is 3.60. The Morgan fingerprint density at radius 3 is 2.62 bits per heavy atom. The molecule has 0 fully saturated rings. The number of nitrogens with zero attached hydrogens (tertiary/aromatic N) is 5. The van der Waals surface area contributed by atoms with Crippen LogP contribution in [0, 0.1) is 13.0 Å². The highest BCUT2D eigenvalue weighted by atomic mass is 19.1. The maximum atomic E-state index is 13.9. The predicted molar refractivity (Wildman–Crippen MR) is 114 cm³/mol. The molecule has 4 aromatic rings. The van der Waals surface area contributed by atoms with Gasteiger partial charge < -0.3 is 29.9 Å². The summed E-state index contributed by atoms with van der Waals surface area (Å²) in [5.41, 5.74) is 13.9. The Bertz CT molecular complexity index is 1300. The smallest absolute Gasteiger partial charge is 0.312 e. The van der Waals surface area contributed by atoms with Crippen molar-refractivity contribution in [3.63, 3.8) is 0 Å². The van der Waals surface area contributed by atoms with E-state index in [1.807, 2.05) is 23.6 Å². The van der Waals surface area contributed by atoms with E-state index >= 15 is 0 Å². The number of halogens is 1. The summed E-state index contributed by atoms with van der Waals surface area (Å²) in [5, 5.41) is 0. The van der Waals surface area contributed by atoms with Gasteiger partial charge in [-0.1, -0.05) is 0 Å². The van der Waals surface area contributed by atoms with E-state index in [9.17, 15) is 4.39 Å². The number of nitrogens with two attached hydrogens (primary N) is 2. The van der Waals surface area contributed by atoms with E-state index in [0.29, 0.717) is 79.3 Å². The average molecular weight is 439 g/mol. The number of rotatable bonds is 6. The Morgan fingerprint density at radius 1 is 1.12 bits per heavy atom. The largest absolute Gasteiger partial charge is 0.486 e. The lowest BCUT2D eigenvalue weighted by Gasteiger charge is -2.20. The number of aromatic nitrogens is 5. The van der Waals surface area contributed by atoms with Crippen LogP contribution >= 0.6 is 0 Å². The average Bonchev–Trinajstić information content (AvgIpc) is 3.35. The lowest BCUT2D eigenvalue weighted by Crippen LogP contribution is -2.16. The topological polar surface area (TPSA) is 140 Å². The third-order valence-electron chi connectivity index (χ3n) is 5.23. The zero-order valence-electron chi connectivity index (χ0n) is 17.5. The first kappa shape index (κ1) is 20.2. The number of benzene rings is 1. The fourth-order valence-electron chi connectivity index (χ4n) is 3.78. The van der Waals surface area contributed by atoms with E-state index < -0.39 is 6.08 Å². The second kappa shape index (κ2) is 8.08. The van der Waals surface area contributed by atoms with Gasteiger partial charge in [-0.3, -0.25) is 0 Å². The maximum absolute atomic E-state index is 13.9. The van der Waals surface area contributed by atoms with Crippen molar-refractivity contribution in [1.82, 2.24) is 24.5 Å². The summed E-state index contributed by atoms with van der Waals surface area (Å²) < 4.78 is 33.0. The van der Waals surface area contributed by atoms with Gasteiger partial charge in [0.1, 0.15) is 24.8 Å². The van der Waals surface area contributed by atoms with E-state index in [-0.39, 0.29) is 5.82 Å². The summed E-state index contributed by atoms with van der Waals surface area (Å²) in [6.07, 6.45) is 1.79. The minimum absolute atomic E-state index is 0.00836. The molecule has 0 radical (unpaired) electrons. The van der Waals surface area contributed by atoms with Crippen LogP contribution in [0.2, 0.25) is 0 Å². The van der Waals surface area contributed by atoms with Gasteiger partial charge in [-0.15, -0.1) is 0 Å². The highest BCUT2D eigenvalue weighted by molar-refractivity contribution is 5.82. The van der Waals surface area contributed by atoms with Crippen molar-refractivity contribution >= 4 is 17.0 Å². The molecular formula is C21H22FN7O3. The Labute approximate surface area is 182 Å². The summed E-state index contributed by atoms with van der Waals surface area (Å²) in [6, 6.07) is 3.75. The summed E-state index contributed by atoms with van der Waals surface area (Å²) in [4.78, 5) is 16.6. The Morgan fingerprint density at radius 2 is 1.91 bits per heavy atom. The second-order valence-corrected chi connectivity index (χ2v) is 7.48. The number of imidazole rings is 1. The minimum Gasteiger partial charge on any atom is -0.486 e. The van der Waals surface area contributed by atoms with Crippen molar-refractivity contribution in [2.45, 2.75) is 26.3 Å². The molecule has 4 N–H and O–H groups in total. The molecule has 1 aliphatic heterocycles. The molecule has 4 heterocycles. The minimum atomic E-state index is -0.897. The lowest BCUT2D eigenvalue weighted by molar-refractivity contribution is 0.171. The zero-order chi connectivity index (χ0) is 22.2. The van der Waals surface area contributed by atoms with E-state index in [0.717, 1.165) is 11.1 Å². The number of anilines is 1. The number of oxazole rings is 1. The fraction of sp³-hybridized carbons (Fsp3) is 0.333. The molecule has 0 saturated carbocycles. The van der Waals surface area contributed by atoms with Gasteiger partial charge in [0, 0.05) is 18.5 Å². The number of hydrogen-bond acceptors (Lipinski definition) is 9. The summed E-state index contributed by atoms with van der Waals surface area (Å²) in [6.45, 7) is 3.73. The van der Waals surface area contributed by atoms with Crippen LogP contribution in [0.4, 0.5) is 10.2 Å². The first-order valence-corrected chi connectivity index (χ1v) is 10.3. The van der Waals surface area contributed by atoms with Gasteiger partial charge in [0.25, 0.3) is 0 Å². The lowest BCUT2D eigenvalue weighted by atomic mass is 10.0. The van der Waals surface area contributed by atoms with Crippen LogP contribution in [0.1, 0.15) is 23.6 Å². The molecule has 166 valence electrons. The highest BCUT2D eigenvalue weighted by Gasteiger charge is 2.23. The molecule has 0 bridgehead atoms. The number of fused-ring (bicyclic) bond motifs is 2. The molecule has 32 heavy (non-hydrogen) atoms. The third-order valence-corrected chi connectivity index (χ3v) is 5.23. The quantitative estimate of drug-likeness (QED) is 0.433. The molecular weight excluding hydrogens is 417 g/mol. The fourth-order valence-corrected chi connectivity index (χ4v) is 3.78. The van der Waals surface area contributed by atoms with Gasteiger partial charge in [-0.25, -0.2) is 9.97 Å². The molecule has 0 aliphatic carbocycles. The van der Waals surface area contributed by atoms with Crippen LogP contribution in [0.3, 0.4) is 0 Å². The van der Waals surface area contributed by atoms with Crippen molar-refractivity contribution in [3.8, 4) is 23.0 Å². The van der Waals surface area contributed by atoms with Gasteiger partial charge in [0.2, 0.25) is 5.89 Å². The Hall–Kier alpha value is -3.73. The SMILES string of the molecule is Cc1cnc(-c2cc3c(cc2Cc2nc4c(N)nc(F)nc4n2CCCN)OCCO3)o1. The van der Waals surface area contributed by atoms with Gasteiger partial charge in [0.05, 0.1) is 6.20 Å². The molecule has 5 rings (SSSR count). The first-order chi connectivity index (χ1) is 15.5. The van der Waals surface area contributed by atoms with Crippen molar-refractivity contribution in [3.05, 3.63) is 41.6 Å². The molecule has 0 atom stereocenters. The molecule has 11 heteroatoms. The van der Waals surface area contributed by atoms with Crippen LogP contribution < -0.4 is 20.9 Å². The standard InChI is InChI=1S/C21H22FN7O3/c1-11-10-25-20(32-11)13-9-15-14(30-5-6-31-15)7-12(13)8-16-26-17-18(24)27-21(22)28-19(17)29(16)4-2-3-23/h7,9-10H,2-6,8,23H2,1H3,(H2,24,27,28). The van der Waals surface area contributed by atoms with Crippen molar-refractivity contribution in [2.24, 2.45) is 5.73 Å². The molecule has 1 aliphatic rings. The maximum Gasteiger partial charge on any atom is 0.312 e. The highest BCUT2D eigenvalue weighted by Crippen LogP contribution is 2.38. The summed E-state index contributed by atoms with van der Waals surface area (Å²) in [5.74, 6) is 3.04. The summed E-state index contributed by atoms with van der Waals surface area (Å²) in [7, 11) is 0. The number of ether oxygens (including phenoxy) is 2. The Balaban J connectivity index is 1.65. The molecule has 0 spiro atoms. The number of nitrogen functional groups attached to an aromatic ring is 1. The van der Waals surface area contributed by atoms with E-state index in [1.165, 1.54) is 0 Å². The van der Waals surface area contributed by atoms with E-state index in [4.69, 9.17) is 25.4 Å². The van der Waals surface area contributed by atoms with E-state index in [1.54, 1.807) is 6.20 Å². The molecule has 0 saturated heterocycles. The predicted octanol–water partition coefficient (Wildman–Crippen LogP) is 2.22. The normalized spacial score (nSPS) is 13.1. The second-order valence-electron chi connectivity index (χ2n) is 7.48. The van der Waals surface area contributed by atoms with Crippen LogP contribution in [0.25, 0.3) is 22.6 Å². The molecule has 10 nitrogen and oxygen atoms in total. The van der Waals surface area contributed by atoms with Gasteiger partial charge >= 0.3 is 6.08 Å². The summed E-state index contributed by atoms with van der Waals surface area (Å²) >= 11 is 0. The number of hydrogen-bond donors (Lipinski definition) is 2. The van der Waals surface area contributed by atoms with Crippen LogP contribution in [0.15, 0.2) is 22.7 Å². The molecule has 1 aromatic carbocycles. The van der Waals surface area contributed by atoms with Crippen molar-refractivity contribution in [1.29, 1.82) is 0 Å². The molecule has 0 amide bonds.